The maximum absolute atomic E-state index is 12.3. The molecule has 88 valence electrons. The van der Waals surface area contributed by atoms with Crippen molar-refractivity contribution in [2.45, 2.75) is 12.8 Å². The van der Waals surface area contributed by atoms with E-state index in [-0.39, 0.29) is 13.0 Å². The molecular formula is C11H13F2NO2. The highest BCUT2D eigenvalue weighted by atomic mass is 19.3. The van der Waals surface area contributed by atoms with Crippen LogP contribution in [0.5, 0.6) is 0 Å². The van der Waals surface area contributed by atoms with Crippen LogP contribution in [0.3, 0.4) is 0 Å². The third-order valence-corrected chi connectivity index (χ3v) is 2.08. The van der Waals surface area contributed by atoms with Crippen molar-refractivity contribution in [3.63, 3.8) is 0 Å². The van der Waals surface area contributed by atoms with Gasteiger partial charge in [0.05, 0.1) is 13.0 Å². The number of anilines is 1. The summed E-state index contributed by atoms with van der Waals surface area (Å²) in [5.74, 6) is -0.991. The van der Waals surface area contributed by atoms with E-state index in [0.29, 0.717) is 5.69 Å². The zero-order valence-corrected chi connectivity index (χ0v) is 8.64. The summed E-state index contributed by atoms with van der Waals surface area (Å²) in [7, 11) is 0. The van der Waals surface area contributed by atoms with E-state index < -0.39 is 18.9 Å². The van der Waals surface area contributed by atoms with Gasteiger partial charge in [-0.05, 0) is 12.1 Å². The van der Waals surface area contributed by atoms with Crippen molar-refractivity contribution < 1.29 is 18.7 Å². The lowest BCUT2D eigenvalue weighted by Crippen LogP contribution is -2.30. The number of alkyl halides is 2. The molecule has 1 aromatic carbocycles. The van der Waals surface area contributed by atoms with Crippen molar-refractivity contribution in [1.82, 2.24) is 0 Å². The molecule has 0 aromatic heterocycles. The highest BCUT2D eigenvalue weighted by molar-refractivity contribution is 5.67. The van der Waals surface area contributed by atoms with Crippen molar-refractivity contribution in [3.05, 3.63) is 30.3 Å². The summed E-state index contributed by atoms with van der Waals surface area (Å²) < 4.78 is 24.6. The third-order valence-electron chi connectivity index (χ3n) is 2.08. The molecule has 0 spiro atoms. The van der Waals surface area contributed by atoms with Crippen molar-refractivity contribution in [2.75, 3.05) is 18.0 Å². The van der Waals surface area contributed by atoms with Gasteiger partial charge in [0.15, 0.2) is 0 Å². The Morgan fingerprint density at radius 1 is 1.31 bits per heavy atom. The molecule has 0 amide bonds. The van der Waals surface area contributed by atoms with Gasteiger partial charge in [-0.3, -0.25) is 4.79 Å². The van der Waals surface area contributed by atoms with E-state index in [1.165, 1.54) is 4.90 Å². The average Bonchev–Trinajstić information content (AvgIpc) is 2.25. The largest absolute Gasteiger partial charge is 0.481 e. The Morgan fingerprint density at radius 3 is 2.44 bits per heavy atom. The number of halogens is 2. The highest BCUT2D eigenvalue weighted by Crippen LogP contribution is 2.15. The second kappa shape index (κ2) is 6.05. The van der Waals surface area contributed by atoms with E-state index in [9.17, 15) is 13.6 Å². The van der Waals surface area contributed by atoms with Crippen LogP contribution >= 0.6 is 0 Å². The molecule has 0 aliphatic heterocycles. The lowest BCUT2D eigenvalue weighted by molar-refractivity contribution is -0.136. The molecule has 0 bridgehead atoms. The molecular weight excluding hydrogens is 216 g/mol. The van der Waals surface area contributed by atoms with Crippen molar-refractivity contribution >= 4 is 11.7 Å². The number of carboxylic acids is 1. The molecule has 0 atom stereocenters. The Labute approximate surface area is 92.3 Å². The van der Waals surface area contributed by atoms with E-state index in [1.54, 1.807) is 30.3 Å². The van der Waals surface area contributed by atoms with Gasteiger partial charge < -0.3 is 10.0 Å². The summed E-state index contributed by atoms with van der Waals surface area (Å²) in [5, 5.41) is 8.53. The van der Waals surface area contributed by atoms with Gasteiger partial charge >= 0.3 is 5.97 Å². The number of para-hydroxylation sites is 1. The van der Waals surface area contributed by atoms with Crippen LogP contribution in [-0.4, -0.2) is 30.6 Å². The SMILES string of the molecule is O=C(O)CCN(CC(F)F)c1ccccc1. The molecule has 0 radical (unpaired) electrons. The van der Waals surface area contributed by atoms with E-state index in [0.717, 1.165) is 0 Å². The monoisotopic (exact) mass is 229 g/mol. The van der Waals surface area contributed by atoms with Gasteiger partial charge in [0.2, 0.25) is 0 Å². The van der Waals surface area contributed by atoms with Crippen LogP contribution in [0, 0.1) is 0 Å². The fourth-order valence-corrected chi connectivity index (χ4v) is 1.36. The van der Waals surface area contributed by atoms with Crippen LogP contribution in [0.4, 0.5) is 14.5 Å². The molecule has 0 unspecified atom stereocenters. The first-order valence-corrected chi connectivity index (χ1v) is 4.89. The number of carboxylic acid groups (broad SMARTS) is 1. The number of aliphatic carboxylic acids is 1. The molecule has 0 fully saturated rings. The van der Waals surface area contributed by atoms with Gasteiger partial charge in [-0.15, -0.1) is 0 Å². The lowest BCUT2D eigenvalue weighted by atomic mass is 10.2. The highest BCUT2D eigenvalue weighted by Gasteiger charge is 2.13. The Balaban J connectivity index is 2.67. The fraction of sp³-hybridized carbons (Fsp3) is 0.364. The normalized spacial score (nSPS) is 10.4. The van der Waals surface area contributed by atoms with Gasteiger partial charge in [0, 0.05) is 12.2 Å². The molecule has 0 aliphatic carbocycles. The van der Waals surface area contributed by atoms with E-state index >= 15 is 0 Å². The van der Waals surface area contributed by atoms with Crippen LogP contribution in [0.1, 0.15) is 6.42 Å². The second-order valence-corrected chi connectivity index (χ2v) is 3.32. The Morgan fingerprint density at radius 2 is 1.94 bits per heavy atom. The smallest absolute Gasteiger partial charge is 0.305 e. The first kappa shape index (κ1) is 12.4. The first-order chi connectivity index (χ1) is 7.59. The van der Waals surface area contributed by atoms with Crippen molar-refractivity contribution in [1.29, 1.82) is 0 Å². The Bertz CT molecular complexity index is 330. The maximum atomic E-state index is 12.3. The average molecular weight is 229 g/mol. The van der Waals surface area contributed by atoms with E-state index in [1.807, 2.05) is 0 Å². The fourth-order valence-electron chi connectivity index (χ4n) is 1.36. The van der Waals surface area contributed by atoms with Gasteiger partial charge in [-0.2, -0.15) is 0 Å². The molecule has 0 aliphatic rings. The van der Waals surface area contributed by atoms with E-state index in [4.69, 9.17) is 5.11 Å². The van der Waals surface area contributed by atoms with Gasteiger partial charge in [-0.1, -0.05) is 18.2 Å². The number of rotatable bonds is 6. The lowest BCUT2D eigenvalue weighted by Gasteiger charge is -2.23. The molecule has 0 saturated carbocycles. The van der Waals surface area contributed by atoms with Crippen LogP contribution in [0.2, 0.25) is 0 Å². The molecule has 1 rings (SSSR count). The molecule has 0 heterocycles. The maximum Gasteiger partial charge on any atom is 0.305 e. The van der Waals surface area contributed by atoms with Gasteiger partial charge in [-0.25, -0.2) is 8.78 Å². The van der Waals surface area contributed by atoms with Crippen LogP contribution in [0.25, 0.3) is 0 Å². The quantitative estimate of drug-likeness (QED) is 0.813. The molecule has 5 heteroatoms. The zero-order valence-electron chi connectivity index (χ0n) is 8.64. The van der Waals surface area contributed by atoms with E-state index in [2.05, 4.69) is 0 Å². The standard InChI is InChI=1S/C11H13F2NO2/c12-10(13)8-14(7-6-11(15)16)9-4-2-1-3-5-9/h1-5,10H,6-8H2,(H,15,16). The minimum atomic E-state index is -2.48. The summed E-state index contributed by atoms with van der Waals surface area (Å²) in [4.78, 5) is 11.8. The van der Waals surface area contributed by atoms with Gasteiger partial charge in [0.25, 0.3) is 6.43 Å². The molecule has 16 heavy (non-hydrogen) atoms. The second-order valence-electron chi connectivity index (χ2n) is 3.32. The molecule has 3 nitrogen and oxygen atoms in total. The summed E-state index contributed by atoms with van der Waals surface area (Å²) in [6.07, 6.45) is -2.63. The van der Waals surface area contributed by atoms with Crippen molar-refractivity contribution in [2.24, 2.45) is 0 Å². The van der Waals surface area contributed by atoms with Crippen LogP contribution in [-0.2, 0) is 4.79 Å². The summed E-state index contributed by atoms with van der Waals surface area (Å²) in [6, 6.07) is 8.61. The summed E-state index contributed by atoms with van der Waals surface area (Å²) in [5.41, 5.74) is 0.615. The summed E-state index contributed by atoms with van der Waals surface area (Å²) >= 11 is 0. The molecule has 1 aromatic rings. The number of nitrogens with zero attached hydrogens (tertiary/aromatic N) is 1. The Kier molecular flexibility index (Phi) is 4.69. The Hall–Kier alpha value is -1.65. The topological polar surface area (TPSA) is 40.5 Å². The third kappa shape index (κ3) is 4.25. The minimum Gasteiger partial charge on any atom is -0.481 e. The van der Waals surface area contributed by atoms with Crippen molar-refractivity contribution in [3.8, 4) is 0 Å². The number of hydrogen-bond donors (Lipinski definition) is 1. The predicted molar refractivity (Wildman–Crippen MR) is 56.9 cm³/mol. The molecule has 0 saturated heterocycles. The first-order valence-electron chi connectivity index (χ1n) is 4.89. The van der Waals surface area contributed by atoms with Crippen LogP contribution < -0.4 is 4.90 Å². The molecule has 1 N–H and O–H groups in total. The zero-order chi connectivity index (χ0) is 12.0. The van der Waals surface area contributed by atoms with Gasteiger partial charge in [0.1, 0.15) is 0 Å². The number of hydrogen-bond acceptors (Lipinski definition) is 2. The minimum absolute atomic E-state index is 0.0870. The number of carbonyl (C=O) groups is 1. The predicted octanol–water partition coefficient (Wildman–Crippen LogP) is 2.23. The number of benzene rings is 1. The van der Waals surface area contributed by atoms with Crippen LogP contribution in [0.15, 0.2) is 30.3 Å². The summed E-state index contributed by atoms with van der Waals surface area (Å²) in [6.45, 7) is -0.360.